The van der Waals surface area contributed by atoms with Crippen LogP contribution < -0.4 is 11.1 Å². The fourth-order valence-corrected chi connectivity index (χ4v) is 1.43. The van der Waals surface area contributed by atoms with Gasteiger partial charge >= 0.3 is 0 Å². The first-order valence-corrected chi connectivity index (χ1v) is 5.42. The van der Waals surface area contributed by atoms with Crippen molar-refractivity contribution < 1.29 is 9.59 Å². The summed E-state index contributed by atoms with van der Waals surface area (Å²) in [6, 6.07) is 0. The van der Waals surface area contributed by atoms with E-state index < -0.39 is 5.91 Å². The molecule has 0 spiro atoms. The minimum atomic E-state index is -0.505. The summed E-state index contributed by atoms with van der Waals surface area (Å²) in [4.78, 5) is 21.9. The molecule has 0 aliphatic carbocycles. The molecule has 0 fully saturated rings. The molecular weight excluding hydrogens is 192 g/mol. The maximum absolute atomic E-state index is 11.4. The van der Waals surface area contributed by atoms with Crippen LogP contribution in [-0.4, -0.2) is 18.4 Å². The van der Waals surface area contributed by atoms with Gasteiger partial charge in [0.15, 0.2) is 0 Å². The van der Waals surface area contributed by atoms with Crippen LogP contribution in [0.5, 0.6) is 0 Å². The zero-order chi connectivity index (χ0) is 11.9. The third-order valence-electron chi connectivity index (χ3n) is 2.31. The van der Waals surface area contributed by atoms with Crippen LogP contribution in [-0.2, 0) is 9.59 Å². The first-order valence-electron chi connectivity index (χ1n) is 5.42. The molecule has 0 heterocycles. The van der Waals surface area contributed by atoms with E-state index in [9.17, 15) is 9.59 Å². The third kappa shape index (κ3) is 7.97. The summed E-state index contributed by atoms with van der Waals surface area (Å²) in [7, 11) is 0. The lowest BCUT2D eigenvalue weighted by Gasteiger charge is -2.23. The third-order valence-corrected chi connectivity index (χ3v) is 2.31. The lowest BCUT2D eigenvalue weighted by Crippen LogP contribution is -2.35. The molecule has 0 aromatic heterocycles. The number of hydrogen-bond donors (Lipinski definition) is 2. The molecule has 88 valence electrons. The molecule has 2 amide bonds. The van der Waals surface area contributed by atoms with Crippen molar-refractivity contribution in [2.75, 3.05) is 6.54 Å². The summed E-state index contributed by atoms with van der Waals surface area (Å²) in [6.07, 6.45) is 3.72. The van der Waals surface area contributed by atoms with Crippen molar-refractivity contribution in [3.63, 3.8) is 0 Å². The predicted octanol–water partition coefficient (Wildman–Crippen LogP) is 1.19. The second kappa shape index (κ2) is 6.43. The van der Waals surface area contributed by atoms with Crippen molar-refractivity contribution in [3.05, 3.63) is 0 Å². The van der Waals surface area contributed by atoms with Gasteiger partial charge in [0.1, 0.15) is 0 Å². The number of nitrogens with one attached hydrogen (secondary N) is 1. The normalized spacial score (nSPS) is 11.1. The molecule has 0 bridgehead atoms. The van der Waals surface area contributed by atoms with Gasteiger partial charge in [0.05, 0.1) is 6.54 Å². The molecule has 0 radical (unpaired) electrons. The zero-order valence-corrected chi connectivity index (χ0v) is 9.93. The molecule has 15 heavy (non-hydrogen) atoms. The highest BCUT2D eigenvalue weighted by Gasteiger charge is 2.21. The standard InChI is InChI=1S/C11H22N2O2/c1-4-5-6-11(2,3)7-10(15)13-8-9(12)14/h4-8H2,1-3H3,(H2,12,14)(H,13,15). The van der Waals surface area contributed by atoms with E-state index >= 15 is 0 Å². The highest BCUT2D eigenvalue weighted by atomic mass is 16.2. The molecule has 0 saturated heterocycles. The molecule has 0 rings (SSSR count). The number of unbranched alkanes of at least 4 members (excludes halogenated alkanes) is 1. The fraction of sp³-hybridized carbons (Fsp3) is 0.818. The minimum Gasteiger partial charge on any atom is -0.368 e. The lowest BCUT2D eigenvalue weighted by molar-refractivity contribution is -0.126. The maximum atomic E-state index is 11.4. The summed E-state index contributed by atoms with van der Waals surface area (Å²) in [6.45, 7) is 6.19. The number of nitrogens with two attached hydrogens (primary N) is 1. The Labute approximate surface area is 91.6 Å². The van der Waals surface area contributed by atoms with Crippen molar-refractivity contribution in [2.24, 2.45) is 11.1 Å². The van der Waals surface area contributed by atoms with E-state index in [0.717, 1.165) is 19.3 Å². The van der Waals surface area contributed by atoms with Gasteiger partial charge in [0.25, 0.3) is 0 Å². The summed E-state index contributed by atoms with van der Waals surface area (Å²) in [5.74, 6) is -0.607. The molecule has 0 saturated carbocycles. The highest BCUT2D eigenvalue weighted by molar-refractivity contribution is 5.83. The van der Waals surface area contributed by atoms with Crippen LogP contribution in [0.25, 0.3) is 0 Å². The van der Waals surface area contributed by atoms with Crippen LogP contribution in [0.4, 0.5) is 0 Å². The quantitative estimate of drug-likeness (QED) is 0.668. The fourth-order valence-electron chi connectivity index (χ4n) is 1.43. The van der Waals surface area contributed by atoms with Gasteiger partial charge in [-0.15, -0.1) is 0 Å². The van der Waals surface area contributed by atoms with E-state index in [4.69, 9.17) is 5.73 Å². The Morgan fingerprint density at radius 2 is 1.93 bits per heavy atom. The number of carbonyl (C=O) groups is 2. The predicted molar refractivity (Wildman–Crippen MR) is 60.1 cm³/mol. The Bertz CT molecular complexity index is 225. The summed E-state index contributed by atoms with van der Waals surface area (Å²) in [5, 5.41) is 2.50. The molecule has 0 aliphatic heterocycles. The molecule has 4 heteroatoms. The largest absolute Gasteiger partial charge is 0.368 e. The first-order chi connectivity index (χ1) is 6.87. The van der Waals surface area contributed by atoms with E-state index in [1.807, 2.05) is 0 Å². The van der Waals surface area contributed by atoms with Gasteiger partial charge in [-0.25, -0.2) is 0 Å². The summed E-state index contributed by atoms with van der Waals surface area (Å²) < 4.78 is 0. The Hall–Kier alpha value is -1.06. The van der Waals surface area contributed by atoms with Crippen molar-refractivity contribution >= 4 is 11.8 Å². The van der Waals surface area contributed by atoms with Gasteiger partial charge in [-0.2, -0.15) is 0 Å². The topological polar surface area (TPSA) is 72.2 Å². The van der Waals surface area contributed by atoms with E-state index in [2.05, 4.69) is 26.1 Å². The van der Waals surface area contributed by atoms with E-state index in [0.29, 0.717) is 6.42 Å². The van der Waals surface area contributed by atoms with Crippen LogP contribution in [0.15, 0.2) is 0 Å². The lowest BCUT2D eigenvalue weighted by atomic mass is 9.83. The van der Waals surface area contributed by atoms with Crippen LogP contribution in [0.3, 0.4) is 0 Å². The van der Waals surface area contributed by atoms with Gasteiger partial charge < -0.3 is 11.1 Å². The molecule has 0 unspecified atom stereocenters. The zero-order valence-electron chi connectivity index (χ0n) is 9.93. The molecule has 0 atom stereocenters. The van der Waals surface area contributed by atoms with Gasteiger partial charge in [-0.3, -0.25) is 9.59 Å². The van der Waals surface area contributed by atoms with Crippen molar-refractivity contribution in [2.45, 2.75) is 46.5 Å². The van der Waals surface area contributed by atoms with Crippen LogP contribution in [0.1, 0.15) is 46.5 Å². The van der Waals surface area contributed by atoms with Gasteiger partial charge in [0, 0.05) is 6.42 Å². The second-order valence-electron chi connectivity index (χ2n) is 4.69. The van der Waals surface area contributed by atoms with Crippen LogP contribution >= 0.6 is 0 Å². The average molecular weight is 214 g/mol. The van der Waals surface area contributed by atoms with E-state index in [1.165, 1.54) is 0 Å². The van der Waals surface area contributed by atoms with E-state index in [-0.39, 0.29) is 17.9 Å². The Morgan fingerprint density at radius 3 is 2.40 bits per heavy atom. The van der Waals surface area contributed by atoms with Gasteiger partial charge in [0.2, 0.25) is 11.8 Å². The van der Waals surface area contributed by atoms with Crippen molar-refractivity contribution in [1.82, 2.24) is 5.32 Å². The Kier molecular flexibility index (Phi) is 5.97. The Balaban J connectivity index is 3.87. The number of hydrogen-bond acceptors (Lipinski definition) is 2. The number of rotatable bonds is 7. The van der Waals surface area contributed by atoms with Crippen molar-refractivity contribution in [3.8, 4) is 0 Å². The number of amides is 2. The summed E-state index contributed by atoms with van der Waals surface area (Å²) in [5.41, 5.74) is 4.93. The van der Waals surface area contributed by atoms with Gasteiger partial charge in [-0.05, 0) is 11.8 Å². The smallest absolute Gasteiger partial charge is 0.236 e. The average Bonchev–Trinajstić information content (AvgIpc) is 2.11. The van der Waals surface area contributed by atoms with E-state index in [1.54, 1.807) is 0 Å². The van der Waals surface area contributed by atoms with Crippen LogP contribution in [0, 0.1) is 5.41 Å². The maximum Gasteiger partial charge on any atom is 0.236 e. The SMILES string of the molecule is CCCCC(C)(C)CC(=O)NCC(N)=O. The van der Waals surface area contributed by atoms with Crippen molar-refractivity contribution in [1.29, 1.82) is 0 Å². The van der Waals surface area contributed by atoms with Gasteiger partial charge in [-0.1, -0.05) is 33.6 Å². The number of primary amides is 1. The Morgan fingerprint density at radius 1 is 1.33 bits per heavy atom. The molecule has 3 N–H and O–H groups in total. The summed E-state index contributed by atoms with van der Waals surface area (Å²) >= 11 is 0. The monoisotopic (exact) mass is 214 g/mol. The highest BCUT2D eigenvalue weighted by Crippen LogP contribution is 2.27. The number of carbonyl (C=O) groups excluding carboxylic acids is 2. The second-order valence-corrected chi connectivity index (χ2v) is 4.69. The molecule has 0 aromatic carbocycles. The molecule has 0 aromatic rings. The molecule has 4 nitrogen and oxygen atoms in total. The first kappa shape index (κ1) is 13.9. The van der Waals surface area contributed by atoms with Crippen LogP contribution in [0.2, 0.25) is 0 Å². The molecule has 0 aliphatic rings. The molecular formula is C11H22N2O2. The minimum absolute atomic E-state index is 0.00224.